The quantitative estimate of drug-likeness (QED) is 0.703. The molecule has 0 aliphatic heterocycles. The maximum absolute atomic E-state index is 12.7. The second kappa shape index (κ2) is 7.17. The van der Waals surface area contributed by atoms with E-state index in [0.29, 0.717) is 16.7 Å². The number of nitrogens with zero attached hydrogens (tertiary/aromatic N) is 2. The molecule has 0 atom stereocenters. The van der Waals surface area contributed by atoms with Crippen LogP contribution < -0.4 is 11.0 Å². The van der Waals surface area contributed by atoms with E-state index in [0.717, 1.165) is 29.5 Å². The first-order valence-corrected chi connectivity index (χ1v) is 10.3. The van der Waals surface area contributed by atoms with Crippen molar-refractivity contribution in [3.63, 3.8) is 0 Å². The second-order valence-electron chi connectivity index (χ2n) is 9.02. The number of fused-ring (bicyclic) bond motifs is 1. The largest absolute Gasteiger partial charge is 0.349 e. The van der Waals surface area contributed by atoms with E-state index < -0.39 is 0 Å². The number of imidazole rings is 1. The summed E-state index contributed by atoms with van der Waals surface area (Å²) >= 11 is 0. The minimum Gasteiger partial charge on any atom is -0.349 e. The molecule has 1 fully saturated rings. The van der Waals surface area contributed by atoms with E-state index in [2.05, 4.69) is 15.3 Å². The summed E-state index contributed by atoms with van der Waals surface area (Å²) in [5, 5.41) is 3.14. The number of hydrogen-bond donors (Lipinski definition) is 2. The number of H-pyrrole nitrogens is 1. The molecule has 2 heterocycles. The smallest absolute Gasteiger partial charge is 0.328 e. The average molecular weight is 393 g/mol. The van der Waals surface area contributed by atoms with Gasteiger partial charge in [-0.3, -0.25) is 9.36 Å². The predicted octanol–water partition coefficient (Wildman–Crippen LogP) is 4.13. The van der Waals surface area contributed by atoms with Gasteiger partial charge in [-0.1, -0.05) is 18.9 Å². The van der Waals surface area contributed by atoms with Gasteiger partial charge in [-0.2, -0.15) is 0 Å². The van der Waals surface area contributed by atoms with E-state index in [1.807, 2.05) is 52.0 Å². The van der Waals surface area contributed by atoms with Gasteiger partial charge >= 0.3 is 5.69 Å². The van der Waals surface area contributed by atoms with Gasteiger partial charge in [0.15, 0.2) is 5.65 Å². The predicted molar refractivity (Wildman–Crippen MR) is 115 cm³/mol. The van der Waals surface area contributed by atoms with Gasteiger partial charge in [0.2, 0.25) is 0 Å². The van der Waals surface area contributed by atoms with E-state index in [4.69, 9.17) is 0 Å². The molecule has 0 bridgehead atoms. The van der Waals surface area contributed by atoms with Crippen LogP contribution in [-0.2, 0) is 5.54 Å². The summed E-state index contributed by atoms with van der Waals surface area (Å²) in [5.74, 6) is -0.0283. The molecule has 2 N–H and O–H groups in total. The molecule has 1 aliphatic rings. The molecular weight excluding hydrogens is 364 g/mol. The molecule has 6 heteroatoms. The van der Waals surface area contributed by atoms with Gasteiger partial charge in [-0.25, -0.2) is 9.78 Å². The molecule has 4 rings (SSSR count). The summed E-state index contributed by atoms with van der Waals surface area (Å²) in [5.41, 5.74) is 4.34. The van der Waals surface area contributed by atoms with E-state index in [-0.39, 0.29) is 23.2 Å². The van der Waals surface area contributed by atoms with Gasteiger partial charge in [0, 0.05) is 28.9 Å². The summed E-state index contributed by atoms with van der Waals surface area (Å²) in [6.07, 6.45) is 6.26. The molecule has 152 valence electrons. The third-order valence-corrected chi connectivity index (χ3v) is 5.70. The highest BCUT2D eigenvalue weighted by Crippen LogP contribution is 2.27. The Bertz CT molecular complexity index is 1130. The zero-order valence-electron chi connectivity index (χ0n) is 17.5. The van der Waals surface area contributed by atoms with Gasteiger partial charge in [0.05, 0.1) is 5.52 Å². The van der Waals surface area contributed by atoms with Crippen LogP contribution in [0.1, 0.15) is 62.4 Å². The first-order chi connectivity index (χ1) is 13.7. The number of benzene rings is 1. The van der Waals surface area contributed by atoms with Gasteiger partial charge in [-0.05, 0) is 69.9 Å². The highest BCUT2D eigenvalue weighted by Gasteiger charge is 2.21. The van der Waals surface area contributed by atoms with Crippen molar-refractivity contribution in [3.05, 3.63) is 52.1 Å². The molecule has 6 nitrogen and oxygen atoms in total. The van der Waals surface area contributed by atoms with E-state index >= 15 is 0 Å². The summed E-state index contributed by atoms with van der Waals surface area (Å²) < 4.78 is 1.67. The van der Waals surface area contributed by atoms with Crippen molar-refractivity contribution in [2.75, 3.05) is 0 Å². The lowest BCUT2D eigenvalue weighted by Gasteiger charge is -2.19. The number of rotatable bonds is 3. The number of carbonyl (C=O) groups is 1. The van der Waals surface area contributed by atoms with Crippen molar-refractivity contribution in [2.24, 2.45) is 0 Å². The van der Waals surface area contributed by atoms with Crippen molar-refractivity contribution in [3.8, 4) is 11.1 Å². The van der Waals surface area contributed by atoms with Crippen molar-refractivity contribution >= 4 is 17.1 Å². The minimum absolute atomic E-state index is 0.0283. The Morgan fingerprint density at radius 1 is 1.21 bits per heavy atom. The van der Waals surface area contributed by atoms with Crippen LogP contribution in [0.2, 0.25) is 0 Å². The van der Waals surface area contributed by atoms with Crippen molar-refractivity contribution in [2.45, 2.75) is 65.0 Å². The van der Waals surface area contributed by atoms with Crippen LogP contribution in [0.25, 0.3) is 22.3 Å². The lowest BCUT2D eigenvalue weighted by atomic mass is 9.98. The van der Waals surface area contributed by atoms with Crippen LogP contribution in [0, 0.1) is 6.92 Å². The first kappa shape index (κ1) is 19.4. The second-order valence-corrected chi connectivity index (χ2v) is 9.02. The Hall–Kier alpha value is -2.89. The fourth-order valence-electron chi connectivity index (χ4n) is 4.18. The van der Waals surface area contributed by atoms with Gasteiger partial charge in [-0.15, -0.1) is 0 Å². The highest BCUT2D eigenvalue weighted by molar-refractivity contribution is 5.96. The minimum atomic E-state index is -0.363. The Morgan fingerprint density at radius 2 is 1.93 bits per heavy atom. The third kappa shape index (κ3) is 3.71. The normalized spacial score (nSPS) is 15.2. The van der Waals surface area contributed by atoms with E-state index in [1.165, 1.54) is 12.8 Å². The fraction of sp³-hybridized carbons (Fsp3) is 0.435. The van der Waals surface area contributed by atoms with Crippen LogP contribution >= 0.6 is 0 Å². The van der Waals surface area contributed by atoms with Crippen LogP contribution in [0.3, 0.4) is 0 Å². The topological polar surface area (TPSA) is 79.8 Å². The molecule has 3 aromatic rings. The van der Waals surface area contributed by atoms with Crippen LogP contribution in [0.15, 0.2) is 35.3 Å². The van der Waals surface area contributed by atoms with Crippen molar-refractivity contribution < 1.29 is 4.79 Å². The number of pyridine rings is 1. The molecule has 1 aromatic carbocycles. The highest BCUT2D eigenvalue weighted by atomic mass is 16.2. The molecular formula is C23H28N4O2. The zero-order valence-corrected chi connectivity index (χ0v) is 17.5. The molecule has 0 saturated heterocycles. The summed E-state index contributed by atoms with van der Waals surface area (Å²) in [4.78, 5) is 32.6. The van der Waals surface area contributed by atoms with Crippen molar-refractivity contribution in [1.82, 2.24) is 19.9 Å². The first-order valence-electron chi connectivity index (χ1n) is 10.3. The van der Waals surface area contributed by atoms with Crippen LogP contribution in [0.5, 0.6) is 0 Å². The number of amides is 1. The lowest BCUT2D eigenvalue weighted by molar-refractivity contribution is 0.0938. The molecule has 0 spiro atoms. The van der Waals surface area contributed by atoms with Crippen molar-refractivity contribution in [1.29, 1.82) is 0 Å². The molecule has 0 unspecified atom stereocenters. The SMILES string of the molecule is Cc1ccc(C(=O)NC2CCCC2)cc1-c1cnc2c(c1)[nH]c(=O)n2C(C)(C)C. The Morgan fingerprint density at radius 3 is 2.62 bits per heavy atom. The molecule has 0 radical (unpaired) electrons. The number of aryl methyl sites for hydroxylation is 1. The number of hydrogen-bond acceptors (Lipinski definition) is 3. The number of aromatic amines is 1. The van der Waals surface area contributed by atoms with Crippen LogP contribution in [0.4, 0.5) is 0 Å². The third-order valence-electron chi connectivity index (χ3n) is 5.70. The number of aromatic nitrogens is 3. The number of carbonyl (C=O) groups excluding carboxylic acids is 1. The van der Waals surface area contributed by atoms with E-state index in [9.17, 15) is 9.59 Å². The summed E-state index contributed by atoms with van der Waals surface area (Å²) in [6.45, 7) is 7.96. The maximum atomic E-state index is 12.7. The monoisotopic (exact) mass is 392 g/mol. The summed E-state index contributed by atoms with van der Waals surface area (Å²) in [7, 11) is 0. The molecule has 29 heavy (non-hydrogen) atoms. The number of nitrogens with one attached hydrogen (secondary N) is 2. The molecule has 2 aromatic heterocycles. The molecule has 1 aliphatic carbocycles. The maximum Gasteiger partial charge on any atom is 0.328 e. The van der Waals surface area contributed by atoms with Gasteiger partial charge in [0.25, 0.3) is 5.91 Å². The average Bonchev–Trinajstić information content (AvgIpc) is 3.27. The Kier molecular flexibility index (Phi) is 4.81. The lowest BCUT2D eigenvalue weighted by Crippen LogP contribution is -2.32. The molecule has 1 saturated carbocycles. The Balaban J connectivity index is 1.71. The van der Waals surface area contributed by atoms with Crippen LogP contribution in [-0.4, -0.2) is 26.5 Å². The Labute approximate surface area is 170 Å². The van der Waals surface area contributed by atoms with Gasteiger partial charge < -0.3 is 10.3 Å². The van der Waals surface area contributed by atoms with Gasteiger partial charge in [0.1, 0.15) is 0 Å². The molecule has 1 amide bonds. The summed E-state index contributed by atoms with van der Waals surface area (Å²) in [6, 6.07) is 7.97. The zero-order chi connectivity index (χ0) is 20.8. The van der Waals surface area contributed by atoms with E-state index in [1.54, 1.807) is 10.8 Å². The fourth-order valence-corrected chi connectivity index (χ4v) is 4.18. The standard InChI is InChI=1S/C23H28N4O2/c1-14-9-10-15(21(28)25-17-7-5-6-8-17)11-18(14)16-12-19-20(24-13-16)27(22(29)26-19)23(2,3)4/h9-13,17H,5-8H2,1-4H3,(H,25,28)(H,26,29).